The average Bonchev–Trinajstić information content (AvgIpc) is 3.45. The lowest BCUT2D eigenvalue weighted by atomic mass is 10.0. The maximum atomic E-state index is 13.9. The van der Waals surface area contributed by atoms with Crippen LogP contribution in [0.15, 0.2) is 76.1 Å². The van der Waals surface area contributed by atoms with Gasteiger partial charge in [-0.05, 0) is 35.9 Å². The lowest BCUT2D eigenvalue weighted by Gasteiger charge is -2.37. The molecule has 1 saturated heterocycles. The standard InChI is InChI=1S/C27H25ClN4O5/c28-19-8-9-21-20(15-19)24(30-10-12-31(13-11-30)25(33)22-7-4-14-36-22)23(27(35)37-17-29)26(34)32(21)16-18-5-2-1-3-6-18/h1-9,14-15H,10-13,16-17,29H2. The Morgan fingerprint density at radius 2 is 1.76 bits per heavy atom. The molecule has 0 bridgehead atoms. The molecule has 1 aliphatic heterocycles. The van der Waals surface area contributed by atoms with Crippen LogP contribution in [0.1, 0.15) is 26.5 Å². The number of hydrogen-bond acceptors (Lipinski definition) is 7. The first-order chi connectivity index (χ1) is 18.0. The second-order valence-corrected chi connectivity index (χ2v) is 9.05. The zero-order valence-corrected chi connectivity index (χ0v) is 20.7. The van der Waals surface area contributed by atoms with Crippen LogP contribution in [0.4, 0.5) is 5.69 Å². The number of anilines is 1. The Morgan fingerprint density at radius 3 is 2.43 bits per heavy atom. The number of aromatic nitrogens is 1. The Hall–Kier alpha value is -4.08. The second-order valence-electron chi connectivity index (χ2n) is 8.62. The van der Waals surface area contributed by atoms with Gasteiger partial charge < -0.3 is 23.5 Å². The second kappa shape index (κ2) is 10.5. The Labute approximate surface area is 217 Å². The minimum Gasteiger partial charge on any atom is -0.459 e. The summed E-state index contributed by atoms with van der Waals surface area (Å²) in [6.45, 7) is 1.42. The van der Waals surface area contributed by atoms with E-state index in [1.165, 1.54) is 6.26 Å². The quantitative estimate of drug-likeness (QED) is 0.306. The minimum atomic E-state index is -0.805. The SMILES string of the molecule is NCOC(=O)c1c(N2CCN(C(=O)c3ccco3)CC2)c2cc(Cl)ccc2n(Cc2ccccc2)c1=O. The number of amides is 1. The lowest BCUT2D eigenvalue weighted by Crippen LogP contribution is -2.49. The van der Waals surface area contributed by atoms with Gasteiger partial charge >= 0.3 is 5.97 Å². The number of carbonyl (C=O) groups is 2. The van der Waals surface area contributed by atoms with Gasteiger partial charge in [-0.2, -0.15) is 0 Å². The van der Waals surface area contributed by atoms with E-state index < -0.39 is 11.5 Å². The summed E-state index contributed by atoms with van der Waals surface area (Å²) in [4.78, 5) is 43.4. The zero-order chi connectivity index (χ0) is 25.9. The van der Waals surface area contributed by atoms with Crippen LogP contribution in [-0.2, 0) is 11.3 Å². The number of carbonyl (C=O) groups excluding carboxylic acids is 2. The van der Waals surface area contributed by atoms with E-state index in [0.29, 0.717) is 47.8 Å². The molecule has 2 aromatic carbocycles. The number of nitrogens with two attached hydrogens (primary N) is 1. The summed E-state index contributed by atoms with van der Waals surface area (Å²) in [6.07, 6.45) is 1.46. The van der Waals surface area contributed by atoms with Crippen LogP contribution < -0.4 is 16.2 Å². The van der Waals surface area contributed by atoms with Crippen LogP contribution in [0, 0.1) is 0 Å². The third-order valence-electron chi connectivity index (χ3n) is 6.42. The molecule has 10 heteroatoms. The Bertz CT molecular complexity index is 1490. The van der Waals surface area contributed by atoms with Crippen molar-refractivity contribution in [2.24, 2.45) is 5.73 Å². The number of halogens is 1. The third-order valence-corrected chi connectivity index (χ3v) is 6.65. The topological polar surface area (TPSA) is 111 Å². The van der Waals surface area contributed by atoms with Crippen LogP contribution in [0.3, 0.4) is 0 Å². The largest absolute Gasteiger partial charge is 0.459 e. The highest BCUT2D eigenvalue weighted by atomic mass is 35.5. The van der Waals surface area contributed by atoms with Gasteiger partial charge in [0.15, 0.2) is 5.76 Å². The van der Waals surface area contributed by atoms with Gasteiger partial charge in [0.1, 0.15) is 12.3 Å². The maximum Gasteiger partial charge on any atom is 0.347 e. The van der Waals surface area contributed by atoms with Gasteiger partial charge in [0.2, 0.25) is 0 Å². The molecule has 0 radical (unpaired) electrons. The first kappa shape index (κ1) is 24.6. The summed E-state index contributed by atoms with van der Waals surface area (Å²) < 4.78 is 11.9. The average molecular weight is 521 g/mol. The normalized spacial score (nSPS) is 13.7. The number of furan rings is 1. The molecule has 1 aliphatic rings. The molecule has 5 rings (SSSR count). The van der Waals surface area contributed by atoms with Crippen molar-refractivity contribution in [1.29, 1.82) is 0 Å². The number of ether oxygens (including phenoxy) is 1. The fourth-order valence-electron chi connectivity index (χ4n) is 4.69. The van der Waals surface area contributed by atoms with E-state index in [-0.39, 0.29) is 30.5 Å². The fraction of sp³-hybridized carbons (Fsp3) is 0.222. The number of benzene rings is 2. The van der Waals surface area contributed by atoms with Crippen molar-refractivity contribution in [1.82, 2.24) is 9.47 Å². The van der Waals surface area contributed by atoms with Crippen LogP contribution in [0.5, 0.6) is 0 Å². The molecule has 0 atom stereocenters. The zero-order valence-electron chi connectivity index (χ0n) is 19.9. The highest BCUT2D eigenvalue weighted by Gasteiger charge is 2.31. The molecule has 1 amide bonds. The van der Waals surface area contributed by atoms with Gasteiger partial charge in [0, 0.05) is 36.6 Å². The minimum absolute atomic E-state index is 0.109. The van der Waals surface area contributed by atoms with E-state index in [9.17, 15) is 14.4 Å². The van der Waals surface area contributed by atoms with Crippen LogP contribution in [0.2, 0.25) is 5.02 Å². The molecule has 0 aliphatic carbocycles. The summed E-state index contributed by atoms with van der Waals surface area (Å²) in [5.74, 6) is -0.750. The number of piperazine rings is 1. The number of nitrogens with zero attached hydrogens (tertiary/aromatic N) is 3. The number of pyridine rings is 1. The van der Waals surface area contributed by atoms with Crippen molar-refractivity contribution in [3.63, 3.8) is 0 Å². The summed E-state index contributed by atoms with van der Waals surface area (Å²) >= 11 is 6.39. The summed E-state index contributed by atoms with van der Waals surface area (Å²) in [5, 5.41) is 1.10. The van der Waals surface area contributed by atoms with Gasteiger partial charge in [-0.25, -0.2) is 4.79 Å². The summed E-state index contributed by atoms with van der Waals surface area (Å²) in [5.41, 5.74) is 6.86. The third kappa shape index (κ3) is 4.83. The smallest absolute Gasteiger partial charge is 0.347 e. The van der Waals surface area contributed by atoms with Crippen LogP contribution >= 0.6 is 11.6 Å². The van der Waals surface area contributed by atoms with Gasteiger partial charge in [-0.3, -0.25) is 15.3 Å². The molecular weight excluding hydrogens is 496 g/mol. The maximum absolute atomic E-state index is 13.9. The molecule has 3 heterocycles. The van der Waals surface area contributed by atoms with E-state index in [2.05, 4.69) is 0 Å². The van der Waals surface area contributed by atoms with Gasteiger partial charge in [0.05, 0.1) is 24.0 Å². The van der Waals surface area contributed by atoms with E-state index >= 15 is 0 Å². The Morgan fingerprint density at radius 1 is 1.00 bits per heavy atom. The Kier molecular flexibility index (Phi) is 6.98. The van der Waals surface area contributed by atoms with Crippen molar-refractivity contribution >= 4 is 40.1 Å². The van der Waals surface area contributed by atoms with Crippen LogP contribution in [0.25, 0.3) is 10.9 Å². The van der Waals surface area contributed by atoms with E-state index in [4.69, 9.17) is 26.5 Å². The molecular formula is C27H25ClN4O5. The number of esters is 1. The first-order valence-electron chi connectivity index (χ1n) is 11.8. The van der Waals surface area contributed by atoms with Crippen molar-refractivity contribution in [3.05, 3.63) is 99.2 Å². The van der Waals surface area contributed by atoms with Crippen molar-refractivity contribution in [3.8, 4) is 0 Å². The van der Waals surface area contributed by atoms with Crippen molar-refractivity contribution in [2.75, 3.05) is 37.8 Å². The van der Waals surface area contributed by atoms with Crippen molar-refractivity contribution < 1.29 is 18.7 Å². The lowest BCUT2D eigenvalue weighted by molar-refractivity contribution is 0.0512. The molecule has 0 saturated carbocycles. The van der Waals surface area contributed by atoms with Crippen molar-refractivity contribution in [2.45, 2.75) is 6.54 Å². The van der Waals surface area contributed by atoms with E-state index in [1.807, 2.05) is 35.2 Å². The molecule has 1 fully saturated rings. The molecule has 37 heavy (non-hydrogen) atoms. The Balaban J connectivity index is 1.60. The molecule has 4 aromatic rings. The highest BCUT2D eigenvalue weighted by Crippen LogP contribution is 2.33. The molecule has 0 unspecified atom stereocenters. The fourth-order valence-corrected chi connectivity index (χ4v) is 4.86. The summed E-state index contributed by atoms with van der Waals surface area (Å²) in [6, 6.07) is 18.0. The van der Waals surface area contributed by atoms with Gasteiger partial charge in [0.25, 0.3) is 11.5 Å². The van der Waals surface area contributed by atoms with Gasteiger partial charge in [-0.15, -0.1) is 0 Å². The predicted octanol–water partition coefficient (Wildman–Crippen LogP) is 3.33. The summed E-state index contributed by atoms with van der Waals surface area (Å²) in [7, 11) is 0. The van der Waals surface area contributed by atoms with Crippen LogP contribution in [-0.4, -0.2) is 54.3 Å². The molecule has 2 N–H and O–H groups in total. The first-order valence-corrected chi connectivity index (χ1v) is 12.2. The number of hydrogen-bond donors (Lipinski definition) is 1. The number of rotatable bonds is 6. The molecule has 9 nitrogen and oxygen atoms in total. The van der Waals surface area contributed by atoms with E-state index in [0.717, 1.165) is 5.56 Å². The monoisotopic (exact) mass is 520 g/mol. The molecule has 190 valence electrons. The van der Waals surface area contributed by atoms with Gasteiger partial charge in [-0.1, -0.05) is 41.9 Å². The highest BCUT2D eigenvalue weighted by molar-refractivity contribution is 6.31. The number of fused-ring (bicyclic) bond motifs is 1. The van der Waals surface area contributed by atoms with E-state index in [1.54, 1.807) is 39.8 Å². The molecule has 0 spiro atoms. The molecule has 2 aromatic heterocycles. The predicted molar refractivity (Wildman–Crippen MR) is 140 cm³/mol.